The van der Waals surface area contributed by atoms with Gasteiger partial charge in [0, 0.05) is 43.2 Å². The Balaban J connectivity index is 0.000000696. The second-order valence-corrected chi connectivity index (χ2v) is 9.05. The molecule has 0 saturated heterocycles. The number of amides is 1. The van der Waals surface area contributed by atoms with Crippen LogP contribution in [0.1, 0.15) is 53.1 Å². The molecule has 0 radical (unpaired) electrons. The first kappa shape index (κ1) is 26.6. The van der Waals surface area contributed by atoms with Crippen molar-refractivity contribution in [3.63, 3.8) is 0 Å². The Bertz CT molecular complexity index is 977. The van der Waals surface area contributed by atoms with Crippen molar-refractivity contribution in [1.82, 2.24) is 9.47 Å². The molecule has 1 saturated carbocycles. The fourth-order valence-corrected chi connectivity index (χ4v) is 4.03. The van der Waals surface area contributed by atoms with Crippen molar-refractivity contribution in [3.8, 4) is 0 Å². The first-order valence-corrected chi connectivity index (χ1v) is 11.2. The molecule has 0 bridgehead atoms. The zero-order valence-corrected chi connectivity index (χ0v) is 20.9. The van der Waals surface area contributed by atoms with E-state index in [2.05, 4.69) is 4.57 Å². The molecule has 33 heavy (non-hydrogen) atoms. The summed E-state index contributed by atoms with van der Waals surface area (Å²) in [5.74, 6) is -0.533. The van der Waals surface area contributed by atoms with Crippen LogP contribution in [0, 0.1) is 13.8 Å². The predicted octanol–water partition coefficient (Wildman–Crippen LogP) is 4.13. The van der Waals surface area contributed by atoms with E-state index in [9.17, 15) is 14.4 Å². The smallest absolute Gasteiger partial charge is 0.317 e. The number of nitrogens with zero attached hydrogens (tertiary/aromatic N) is 2. The Morgan fingerprint density at radius 3 is 2.27 bits per heavy atom. The van der Waals surface area contributed by atoms with E-state index in [1.165, 1.54) is 4.90 Å². The maximum absolute atomic E-state index is 12.7. The van der Waals surface area contributed by atoms with Crippen molar-refractivity contribution in [2.45, 2.75) is 45.1 Å². The van der Waals surface area contributed by atoms with Gasteiger partial charge in [-0.2, -0.15) is 0 Å². The maximum Gasteiger partial charge on any atom is 0.317 e. The molecule has 1 atom stereocenters. The van der Waals surface area contributed by atoms with E-state index < -0.39 is 5.41 Å². The lowest BCUT2D eigenvalue weighted by Crippen LogP contribution is -2.26. The van der Waals surface area contributed by atoms with Crippen molar-refractivity contribution in [2.75, 3.05) is 34.4 Å². The van der Waals surface area contributed by atoms with Crippen LogP contribution in [0.2, 0.25) is 5.02 Å². The summed E-state index contributed by atoms with van der Waals surface area (Å²) in [6, 6.07) is 9.21. The molecule has 180 valence electrons. The standard InChI is InChI=1S/C22H26ClNO4.C3H7NO/c1-14-11-19(16(3)24(14)15(2)12-27-4)20(25)13-28-21(26)22(9-10-22)17-5-7-18(23)8-6-17;1-4(2)3-5/h5-8,11,15H,9-10,12-13H2,1-4H3;3H,1-2H3. The molecule has 1 aliphatic carbocycles. The zero-order chi connectivity index (χ0) is 24.8. The number of esters is 1. The van der Waals surface area contributed by atoms with Crippen LogP contribution in [-0.4, -0.2) is 62.0 Å². The summed E-state index contributed by atoms with van der Waals surface area (Å²) in [6.07, 6.45) is 2.20. The van der Waals surface area contributed by atoms with Crippen LogP contribution in [-0.2, 0) is 24.5 Å². The van der Waals surface area contributed by atoms with Crippen LogP contribution in [0.15, 0.2) is 30.3 Å². The molecule has 8 heteroatoms. The lowest BCUT2D eigenvalue weighted by atomic mass is 9.96. The van der Waals surface area contributed by atoms with Gasteiger partial charge in [0.2, 0.25) is 12.2 Å². The van der Waals surface area contributed by atoms with Crippen LogP contribution < -0.4 is 0 Å². The number of rotatable bonds is 9. The van der Waals surface area contributed by atoms with Crippen LogP contribution in [0.4, 0.5) is 0 Å². The number of hydrogen-bond acceptors (Lipinski definition) is 5. The second kappa shape index (κ2) is 11.5. The minimum absolute atomic E-state index is 0.119. The third-order valence-electron chi connectivity index (χ3n) is 5.72. The van der Waals surface area contributed by atoms with Crippen LogP contribution in [0.3, 0.4) is 0 Å². The molecule has 1 aromatic carbocycles. The average Bonchev–Trinajstić information content (AvgIpc) is 3.53. The largest absolute Gasteiger partial charge is 0.457 e. The topological polar surface area (TPSA) is 77.8 Å². The van der Waals surface area contributed by atoms with Crippen molar-refractivity contribution in [2.24, 2.45) is 0 Å². The summed E-state index contributed by atoms with van der Waals surface area (Å²) in [7, 11) is 5.03. The number of ketones is 1. The van der Waals surface area contributed by atoms with Gasteiger partial charge in [0.1, 0.15) is 0 Å². The monoisotopic (exact) mass is 476 g/mol. The van der Waals surface area contributed by atoms with E-state index in [0.717, 1.165) is 36.2 Å². The highest BCUT2D eigenvalue weighted by Crippen LogP contribution is 2.49. The first-order chi connectivity index (χ1) is 15.6. The summed E-state index contributed by atoms with van der Waals surface area (Å²) in [6.45, 7) is 6.21. The third-order valence-corrected chi connectivity index (χ3v) is 5.97. The predicted molar refractivity (Wildman–Crippen MR) is 128 cm³/mol. The Kier molecular flexibility index (Phi) is 9.25. The van der Waals surface area contributed by atoms with Gasteiger partial charge >= 0.3 is 5.97 Å². The minimum atomic E-state index is -0.630. The van der Waals surface area contributed by atoms with Crippen molar-refractivity contribution in [1.29, 1.82) is 0 Å². The molecule has 1 amide bonds. The van der Waals surface area contributed by atoms with Gasteiger partial charge in [0.05, 0.1) is 18.1 Å². The number of benzene rings is 1. The highest BCUT2D eigenvalue weighted by molar-refractivity contribution is 6.30. The van der Waals surface area contributed by atoms with E-state index in [4.69, 9.17) is 21.1 Å². The van der Waals surface area contributed by atoms with Gasteiger partial charge in [-0.1, -0.05) is 23.7 Å². The van der Waals surface area contributed by atoms with Gasteiger partial charge in [-0.3, -0.25) is 14.4 Å². The highest BCUT2D eigenvalue weighted by atomic mass is 35.5. The van der Waals surface area contributed by atoms with Crippen molar-refractivity contribution < 1.29 is 23.9 Å². The SMILES string of the molecule is CN(C)C=O.COCC(C)n1c(C)cc(C(=O)COC(=O)C2(c3ccc(Cl)cc3)CC2)c1C. The summed E-state index contributed by atoms with van der Waals surface area (Å²) in [5, 5.41) is 0.626. The highest BCUT2D eigenvalue weighted by Gasteiger charge is 2.52. The van der Waals surface area contributed by atoms with E-state index in [1.807, 2.05) is 39.0 Å². The number of ether oxygens (including phenoxy) is 2. The molecule has 7 nitrogen and oxygen atoms in total. The number of carbonyl (C=O) groups is 3. The lowest BCUT2D eigenvalue weighted by molar-refractivity contribution is -0.145. The molecule has 1 fully saturated rings. The Labute approximate surface area is 200 Å². The Morgan fingerprint density at radius 2 is 1.79 bits per heavy atom. The fraction of sp³-hybridized carbons (Fsp3) is 0.480. The molecule has 0 spiro atoms. The Hall–Kier alpha value is -2.64. The summed E-state index contributed by atoms with van der Waals surface area (Å²) in [4.78, 5) is 36.2. The quantitative estimate of drug-likeness (QED) is 0.309. The molecule has 1 heterocycles. The summed E-state index contributed by atoms with van der Waals surface area (Å²) in [5.41, 5.74) is 2.69. The number of carbonyl (C=O) groups excluding carboxylic acids is 3. The molecule has 0 N–H and O–H groups in total. The van der Waals surface area contributed by atoms with Gasteiger partial charge in [-0.05, 0) is 57.4 Å². The number of methoxy groups -OCH3 is 1. The molecule has 2 aromatic rings. The van der Waals surface area contributed by atoms with E-state index >= 15 is 0 Å². The summed E-state index contributed by atoms with van der Waals surface area (Å²) < 4.78 is 12.7. The molecular formula is C25H33ClN2O5. The van der Waals surface area contributed by atoms with Gasteiger partial charge in [-0.25, -0.2) is 0 Å². The van der Waals surface area contributed by atoms with Gasteiger partial charge in [0.25, 0.3) is 0 Å². The molecule has 1 unspecified atom stereocenters. The third kappa shape index (κ3) is 6.45. The first-order valence-electron chi connectivity index (χ1n) is 10.8. The van der Waals surface area contributed by atoms with Gasteiger partial charge < -0.3 is 18.9 Å². The maximum atomic E-state index is 12.7. The van der Waals surface area contributed by atoms with E-state index in [-0.39, 0.29) is 24.4 Å². The molecule has 0 aliphatic heterocycles. The number of halogens is 1. The summed E-state index contributed by atoms with van der Waals surface area (Å²) >= 11 is 5.93. The fourth-order valence-electron chi connectivity index (χ4n) is 3.90. The lowest BCUT2D eigenvalue weighted by Gasteiger charge is -2.18. The molecule has 1 aliphatic rings. The average molecular weight is 477 g/mol. The second-order valence-electron chi connectivity index (χ2n) is 8.62. The van der Waals surface area contributed by atoms with Crippen LogP contribution in [0.5, 0.6) is 0 Å². The normalized spacial score (nSPS) is 14.5. The molecular weight excluding hydrogens is 444 g/mol. The number of Topliss-reactive ketones (excluding diaryl/α,β-unsaturated/α-hetero) is 1. The minimum Gasteiger partial charge on any atom is -0.457 e. The van der Waals surface area contributed by atoms with Gasteiger partial charge in [0.15, 0.2) is 6.61 Å². The molecule has 3 rings (SSSR count). The zero-order valence-electron chi connectivity index (χ0n) is 20.2. The number of aromatic nitrogens is 1. The van der Waals surface area contributed by atoms with Crippen LogP contribution >= 0.6 is 11.6 Å². The van der Waals surface area contributed by atoms with Crippen molar-refractivity contribution in [3.05, 3.63) is 57.9 Å². The molecule has 1 aromatic heterocycles. The Morgan fingerprint density at radius 1 is 1.21 bits per heavy atom. The van der Waals surface area contributed by atoms with E-state index in [0.29, 0.717) is 17.2 Å². The van der Waals surface area contributed by atoms with Crippen molar-refractivity contribution >= 4 is 29.8 Å². The van der Waals surface area contributed by atoms with Gasteiger partial charge in [-0.15, -0.1) is 0 Å². The number of aryl methyl sites for hydroxylation is 1. The number of hydrogen-bond donors (Lipinski definition) is 0. The van der Waals surface area contributed by atoms with E-state index in [1.54, 1.807) is 33.3 Å². The van der Waals surface area contributed by atoms with Crippen LogP contribution in [0.25, 0.3) is 0 Å².